The first-order valence-electron chi connectivity index (χ1n) is 5.22. The van der Waals surface area contributed by atoms with E-state index >= 15 is 0 Å². The normalized spacial score (nSPS) is 10.3. The van der Waals surface area contributed by atoms with E-state index in [0.29, 0.717) is 11.3 Å². The highest BCUT2D eigenvalue weighted by molar-refractivity contribution is 9.10. The van der Waals surface area contributed by atoms with Gasteiger partial charge in [0.05, 0.1) is 10.8 Å². The van der Waals surface area contributed by atoms with Crippen LogP contribution in [0.5, 0.6) is 5.75 Å². The third-order valence-electron chi connectivity index (χ3n) is 2.24. The van der Waals surface area contributed by atoms with Crippen molar-refractivity contribution < 1.29 is 9.90 Å². The highest BCUT2D eigenvalue weighted by Gasteiger charge is 2.07. The van der Waals surface area contributed by atoms with Gasteiger partial charge in [0.1, 0.15) is 5.75 Å². The quantitative estimate of drug-likeness (QED) is 0.690. The van der Waals surface area contributed by atoms with Crippen molar-refractivity contribution in [3.8, 4) is 5.75 Å². The van der Waals surface area contributed by atoms with Crippen LogP contribution in [-0.2, 0) is 0 Å². The van der Waals surface area contributed by atoms with Crippen molar-refractivity contribution in [3.05, 3.63) is 52.6 Å². The second kappa shape index (κ2) is 6.02. The molecular formula is C13H10BrNO2S. The number of aromatic hydroxyl groups is 1. The van der Waals surface area contributed by atoms with Gasteiger partial charge in [-0.2, -0.15) is 0 Å². The van der Waals surface area contributed by atoms with Gasteiger partial charge in [-0.1, -0.05) is 11.8 Å². The van der Waals surface area contributed by atoms with Gasteiger partial charge >= 0.3 is 0 Å². The van der Waals surface area contributed by atoms with Crippen LogP contribution in [0.3, 0.4) is 0 Å². The molecule has 0 fully saturated rings. The molecule has 0 bridgehead atoms. The van der Waals surface area contributed by atoms with Crippen LogP contribution in [0.25, 0.3) is 0 Å². The monoisotopic (exact) mass is 323 g/mol. The predicted octanol–water partition coefficient (Wildman–Crippen LogP) is 3.52. The van der Waals surface area contributed by atoms with Gasteiger partial charge in [-0.3, -0.25) is 4.79 Å². The molecule has 0 saturated carbocycles. The number of hydrogen-bond acceptors (Lipinski definition) is 4. The van der Waals surface area contributed by atoms with E-state index in [4.69, 9.17) is 5.11 Å². The Morgan fingerprint density at radius 2 is 1.94 bits per heavy atom. The summed E-state index contributed by atoms with van der Waals surface area (Å²) >= 11 is 4.70. The van der Waals surface area contributed by atoms with Crippen molar-refractivity contribution >= 4 is 33.5 Å². The smallest absolute Gasteiger partial charge is 0.173 e. The number of rotatable bonds is 4. The van der Waals surface area contributed by atoms with Crippen molar-refractivity contribution in [1.29, 1.82) is 0 Å². The number of benzene rings is 1. The minimum absolute atomic E-state index is 0.0183. The molecule has 2 aromatic rings. The van der Waals surface area contributed by atoms with E-state index < -0.39 is 0 Å². The maximum Gasteiger partial charge on any atom is 0.173 e. The Labute approximate surface area is 117 Å². The number of carbonyl (C=O) groups is 1. The number of Topliss-reactive ketones (excluding diaryl/α,β-unsaturated/α-hetero) is 1. The van der Waals surface area contributed by atoms with Crippen molar-refractivity contribution in [2.24, 2.45) is 0 Å². The first kappa shape index (κ1) is 13.1. The molecule has 18 heavy (non-hydrogen) atoms. The van der Waals surface area contributed by atoms with Crippen LogP contribution < -0.4 is 0 Å². The molecule has 0 radical (unpaired) electrons. The minimum Gasteiger partial charge on any atom is -0.508 e. The number of pyridine rings is 1. The zero-order valence-corrected chi connectivity index (χ0v) is 11.7. The first-order valence-corrected chi connectivity index (χ1v) is 6.99. The van der Waals surface area contributed by atoms with E-state index in [1.54, 1.807) is 18.3 Å². The largest absolute Gasteiger partial charge is 0.508 e. The Morgan fingerprint density at radius 3 is 2.56 bits per heavy atom. The third kappa shape index (κ3) is 3.58. The van der Waals surface area contributed by atoms with Crippen LogP contribution >= 0.6 is 27.7 Å². The Kier molecular flexibility index (Phi) is 4.38. The topological polar surface area (TPSA) is 50.2 Å². The maximum absolute atomic E-state index is 11.9. The Hall–Kier alpha value is -1.33. The SMILES string of the molecule is O=C(CSc1ccc(Br)cn1)c1ccc(O)cc1. The summed E-state index contributed by atoms with van der Waals surface area (Å²) in [4.78, 5) is 16.0. The van der Waals surface area contributed by atoms with Gasteiger partial charge in [-0.15, -0.1) is 0 Å². The molecule has 0 unspecified atom stereocenters. The number of phenolic OH excluding ortho intramolecular Hbond substituents is 1. The van der Waals surface area contributed by atoms with E-state index in [9.17, 15) is 4.79 Å². The van der Waals surface area contributed by atoms with Crippen LogP contribution in [-0.4, -0.2) is 21.6 Å². The molecule has 2 rings (SSSR count). The molecule has 1 heterocycles. The van der Waals surface area contributed by atoms with Crippen molar-refractivity contribution in [2.75, 3.05) is 5.75 Å². The fourth-order valence-electron chi connectivity index (χ4n) is 1.32. The molecule has 3 nitrogen and oxygen atoms in total. The zero-order valence-electron chi connectivity index (χ0n) is 9.34. The second-order valence-electron chi connectivity index (χ2n) is 3.57. The number of aromatic nitrogens is 1. The minimum atomic E-state index is 0.0183. The Balaban J connectivity index is 1.96. The lowest BCUT2D eigenvalue weighted by molar-refractivity contribution is 0.102. The summed E-state index contributed by atoms with van der Waals surface area (Å²) in [7, 11) is 0. The molecule has 0 aliphatic carbocycles. The standard InChI is InChI=1S/C13H10BrNO2S/c14-10-3-6-13(15-7-10)18-8-12(17)9-1-4-11(16)5-2-9/h1-7,16H,8H2. The molecule has 0 spiro atoms. The second-order valence-corrected chi connectivity index (χ2v) is 5.48. The Bertz CT molecular complexity index is 540. The summed E-state index contributed by atoms with van der Waals surface area (Å²) in [6.45, 7) is 0. The number of ketones is 1. The van der Waals surface area contributed by atoms with Crippen LogP contribution in [0.1, 0.15) is 10.4 Å². The van der Waals surface area contributed by atoms with E-state index in [1.165, 1.54) is 23.9 Å². The molecule has 0 aliphatic rings. The average Bonchev–Trinajstić information content (AvgIpc) is 2.38. The van der Waals surface area contributed by atoms with Crippen molar-refractivity contribution in [3.63, 3.8) is 0 Å². The van der Waals surface area contributed by atoms with Crippen LogP contribution in [0.15, 0.2) is 52.1 Å². The summed E-state index contributed by atoms with van der Waals surface area (Å²) in [6, 6.07) is 10.0. The summed E-state index contributed by atoms with van der Waals surface area (Å²) < 4.78 is 0.914. The van der Waals surface area contributed by atoms with E-state index in [1.807, 2.05) is 12.1 Å². The molecule has 0 amide bonds. The lowest BCUT2D eigenvalue weighted by atomic mass is 10.1. The molecule has 1 aromatic carbocycles. The molecule has 5 heteroatoms. The molecular weight excluding hydrogens is 314 g/mol. The van der Waals surface area contributed by atoms with Gasteiger partial charge in [0.2, 0.25) is 0 Å². The van der Waals surface area contributed by atoms with Gasteiger partial charge in [0.25, 0.3) is 0 Å². The molecule has 0 saturated heterocycles. The number of nitrogens with zero attached hydrogens (tertiary/aromatic N) is 1. The summed E-state index contributed by atoms with van der Waals surface area (Å²) in [5, 5.41) is 9.95. The van der Waals surface area contributed by atoms with Gasteiger partial charge in [-0.05, 0) is 52.3 Å². The molecule has 1 N–H and O–H groups in total. The molecule has 0 atom stereocenters. The van der Waals surface area contributed by atoms with Gasteiger partial charge in [-0.25, -0.2) is 4.98 Å². The number of carbonyl (C=O) groups excluding carboxylic acids is 1. The van der Waals surface area contributed by atoms with Crippen LogP contribution in [0.4, 0.5) is 0 Å². The predicted molar refractivity (Wildman–Crippen MR) is 75.1 cm³/mol. The lowest BCUT2D eigenvalue weighted by Gasteiger charge is -2.01. The fraction of sp³-hybridized carbons (Fsp3) is 0.0769. The highest BCUT2D eigenvalue weighted by Crippen LogP contribution is 2.19. The summed E-state index contributed by atoms with van der Waals surface area (Å²) in [5.74, 6) is 0.512. The van der Waals surface area contributed by atoms with Crippen molar-refractivity contribution in [2.45, 2.75) is 5.03 Å². The number of hydrogen-bond donors (Lipinski definition) is 1. The number of halogens is 1. The van der Waals surface area contributed by atoms with Gasteiger partial charge < -0.3 is 5.11 Å². The molecule has 0 aliphatic heterocycles. The lowest BCUT2D eigenvalue weighted by Crippen LogP contribution is -2.02. The van der Waals surface area contributed by atoms with Gasteiger partial charge in [0, 0.05) is 16.2 Å². The first-order chi connectivity index (χ1) is 8.65. The van der Waals surface area contributed by atoms with E-state index in [-0.39, 0.29) is 11.5 Å². The highest BCUT2D eigenvalue weighted by atomic mass is 79.9. The summed E-state index contributed by atoms with van der Waals surface area (Å²) in [5.41, 5.74) is 0.595. The third-order valence-corrected chi connectivity index (χ3v) is 3.65. The van der Waals surface area contributed by atoms with E-state index in [2.05, 4.69) is 20.9 Å². The fourth-order valence-corrected chi connectivity index (χ4v) is 2.29. The average molecular weight is 324 g/mol. The zero-order chi connectivity index (χ0) is 13.0. The molecule has 92 valence electrons. The summed E-state index contributed by atoms with van der Waals surface area (Å²) in [6.07, 6.45) is 1.70. The van der Waals surface area contributed by atoms with Crippen LogP contribution in [0.2, 0.25) is 0 Å². The van der Waals surface area contributed by atoms with Crippen LogP contribution in [0, 0.1) is 0 Å². The maximum atomic E-state index is 11.9. The Morgan fingerprint density at radius 1 is 1.22 bits per heavy atom. The van der Waals surface area contributed by atoms with Gasteiger partial charge in [0.15, 0.2) is 5.78 Å². The number of phenols is 1. The molecule has 1 aromatic heterocycles. The van der Waals surface area contributed by atoms with Crippen molar-refractivity contribution in [1.82, 2.24) is 4.98 Å². The number of thioether (sulfide) groups is 1. The van der Waals surface area contributed by atoms with E-state index in [0.717, 1.165) is 9.50 Å².